The van der Waals surface area contributed by atoms with Gasteiger partial charge in [-0.25, -0.2) is 4.79 Å². The molecule has 4 heteroatoms. The molecular formula is C22H29NO3. The van der Waals surface area contributed by atoms with Crippen LogP contribution >= 0.6 is 0 Å². The van der Waals surface area contributed by atoms with Crippen LogP contribution in [0.5, 0.6) is 0 Å². The molecule has 0 aliphatic heterocycles. The van der Waals surface area contributed by atoms with Gasteiger partial charge < -0.3 is 9.47 Å². The van der Waals surface area contributed by atoms with Crippen LogP contribution in [0.3, 0.4) is 0 Å². The van der Waals surface area contributed by atoms with E-state index in [2.05, 4.69) is 0 Å². The van der Waals surface area contributed by atoms with Crippen molar-refractivity contribution in [3.63, 3.8) is 0 Å². The van der Waals surface area contributed by atoms with E-state index >= 15 is 0 Å². The number of nitrogens with zero attached hydrogens (tertiary/aromatic N) is 1. The first-order valence-electron chi connectivity index (χ1n) is 9.09. The molecule has 2 aromatic carbocycles. The predicted molar refractivity (Wildman–Crippen MR) is 104 cm³/mol. The first kappa shape index (κ1) is 20.0. The van der Waals surface area contributed by atoms with Crippen LogP contribution < -0.4 is 0 Å². The second-order valence-electron chi connectivity index (χ2n) is 6.87. The van der Waals surface area contributed by atoms with E-state index in [4.69, 9.17) is 9.47 Å². The largest absolute Gasteiger partial charge is 0.445 e. The molecule has 0 spiro atoms. The van der Waals surface area contributed by atoms with Gasteiger partial charge in [0.15, 0.2) is 0 Å². The van der Waals surface area contributed by atoms with Gasteiger partial charge in [-0.3, -0.25) is 4.90 Å². The van der Waals surface area contributed by atoms with E-state index in [0.717, 1.165) is 11.1 Å². The van der Waals surface area contributed by atoms with Crippen molar-refractivity contribution in [1.29, 1.82) is 0 Å². The summed E-state index contributed by atoms with van der Waals surface area (Å²) < 4.78 is 11.5. The fourth-order valence-electron chi connectivity index (χ4n) is 2.81. The lowest BCUT2D eigenvalue weighted by Crippen LogP contribution is -2.51. The maximum absolute atomic E-state index is 12.9. The molecule has 4 nitrogen and oxygen atoms in total. The van der Waals surface area contributed by atoms with Crippen LogP contribution in [0.2, 0.25) is 0 Å². The van der Waals surface area contributed by atoms with Gasteiger partial charge in [0.05, 0.1) is 11.6 Å². The summed E-state index contributed by atoms with van der Waals surface area (Å²) >= 11 is 0. The third kappa shape index (κ3) is 5.60. The molecule has 1 atom stereocenters. The van der Waals surface area contributed by atoms with Gasteiger partial charge in [0, 0.05) is 13.2 Å². The average Bonchev–Trinajstić information content (AvgIpc) is 2.65. The van der Waals surface area contributed by atoms with Gasteiger partial charge in [-0.15, -0.1) is 0 Å². The first-order chi connectivity index (χ1) is 12.4. The summed E-state index contributed by atoms with van der Waals surface area (Å²) in [5.41, 5.74) is 1.55. The van der Waals surface area contributed by atoms with Gasteiger partial charge in [-0.05, 0) is 38.8 Å². The van der Waals surface area contributed by atoms with Crippen molar-refractivity contribution in [3.8, 4) is 0 Å². The van der Waals surface area contributed by atoms with Crippen LogP contribution in [-0.4, -0.2) is 29.2 Å². The minimum Gasteiger partial charge on any atom is -0.445 e. The van der Waals surface area contributed by atoms with Crippen LogP contribution in [0, 0.1) is 0 Å². The Morgan fingerprint density at radius 2 is 1.54 bits per heavy atom. The predicted octanol–water partition coefficient (Wildman–Crippen LogP) is 5.03. The van der Waals surface area contributed by atoms with E-state index in [-0.39, 0.29) is 18.7 Å². The van der Waals surface area contributed by atoms with Gasteiger partial charge in [0.1, 0.15) is 6.61 Å². The zero-order valence-electron chi connectivity index (χ0n) is 16.1. The van der Waals surface area contributed by atoms with Gasteiger partial charge >= 0.3 is 6.09 Å². The Bertz CT molecular complexity index is 670. The van der Waals surface area contributed by atoms with Gasteiger partial charge in [-0.2, -0.15) is 0 Å². The van der Waals surface area contributed by atoms with E-state index in [0.29, 0.717) is 13.2 Å². The third-order valence-corrected chi connectivity index (χ3v) is 4.63. The molecule has 0 heterocycles. The molecule has 0 N–H and O–H groups in total. The van der Waals surface area contributed by atoms with Gasteiger partial charge in [0.2, 0.25) is 0 Å². The monoisotopic (exact) mass is 355 g/mol. The van der Waals surface area contributed by atoms with Crippen molar-refractivity contribution in [3.05, 3.63) is 71.8 Å². The minimum absolute atomic E-state index is 0.147. The highest BCUT2D eigenvalue weighted by molar-refractivity contribution is 5.68. The minimum atomic E-state index is -0.477. The number of amides is 1. The van der Waals surface area contributed by atoms with Gasteiger partial charge in [-0.1, -0.05) is 60.7 Å². The normalized spacial score (nSPS) is 12.5. The first-order valence-corrected chi connectivity index (χ1v) is 9.09. The highest BCUT2D eigenvalue weighted by Gasteiger charge is 2.34. The number of hydrogen-bond donors (Lipinski definition) is 0. The number of ether oxygens (including phenoxy) is 2. The summed E-state index contributed by atoms with van der Waals surface area (Å²) in [6.45, 7) is 9.30. The van der Waals surface area contributed by atoms with Crippen molar-refractivity contribution in [2.24, 2.45) is 0 Å². The number of benzene rings is 2. The second-order valence-corrected chi connectivity index (χ2v) is 6.87. The Hall–Kier alpha value is -2.33. The number of carbonyl (C=O) groups excluding carboxylic acids is 1. The Morgan fingerprint density at radius 3 is 2.08 bits per heavy atom. The summed E-state index contributed by atoms with van der Waals surface area (Å²) in [6.07, 6.45) is -0.335. The molecule has 0 bridgehead atoms. The molecule has 0 unspecified atom stereocenters. The van der Waals surface area contributed by atoms with E-state index in [1.165, 1.54) is 0 Å². The topological polar surface area (TPSA) is 38.8 Å². The average molecular weight is 355 g/mol. The molecule has 2 rings (SSSR count). The standard InChI is InChI=1S/C22H29NO3/c1-5-26-22(3,4)18(2)23(16-19-12-8-6-9-13-19)21(24)25-17-20-14-10-7-11-15-20/h6-15,18H,5,16-17H2,1-4H3/t18-/m1/s1. The molecule has 2 aromatic rings. The van der Waals surface area contributed by atoms with Crippen molar-refractivity contribution >= 4 is 6.09 Å². The summed E-state index contributed by atoms with van der Waals surface area (Å²) in [5, 5.41) is 0. The maximum atomic E-state index is 12.9. The van der Waals surface area contributed by atoms with E-state index < -0.39 is 5.60 Å². The second kappa shape index (κ2) is 9.39. The van der Waals surface area contributed by atoms with Crippen molar-refractivity contribution in [2.45, 2.75) is 52.5 Å². The smallest absolute Gasteiger partial charge is 0.410 e. The Kier molecular flexibility index (Phi) is 7.22. The molecule has 0 aliphatic carbocycles. The van der Waals surface area contributed by atoms with Crippen molar-refractivity contribution < 1.29 is 14.3 Å². The van der Waals surface area contributed by atoms with E-state index in [1.54, 1.807) is 4.90 Å². The molecule has 0 saturated carbocycles. The number of carbonyl (C=O) groups is 1. The van der Waals surface area contributed by atoms with E-state index in [1.807, 2.05) is 88.4 Å². The SMILES string of the molecule is CCOC(C)(C)[C@@H](C)N(Cc1ccccc1)C(=O)OCc1ccccc1. The molecular weight excluding hydrogens is 326 g/mol. The zero-order chi connectivity index (χ0) is 19.0. The third-order valence-electron chi connectivity index (χ3n) is 4.63. The molecule has 0 saturated heterocycles. The quantitative estimate of drug-likeness (QED) is 0.667. The summed E-state index contributed by atoms with van der Waals surface area (Å²) in [7, 11) is 0. The van der Waals surface area contributed by atoms with Crippen LogP contribution in [0.1, 0.15) is 38.8 Å². The molecule has 0 fully saturated rings. The Labute approximate surface area is 156 Å². The maximum Gasteiger partial charge on any atom is 0.410 e. The Morgan fingerprint density at radius 1 is 1.00 bits per heavy atom. The van der Waals surface area contributed by atoms with Gasteiger partial charge in [0.25, 0.3) is 0 Å². The highest BCUT2D eigenvalue weighted by Crippen LogP contribution is 2.23. The lowest BCUT2D eigenvalue weighted by Gasteiger charge is -2.39. The molecule has 1 amide bonds. The fourth-order valence-corrected chi connectivity index (χ4v) is 2.81. The lowest BCUT2D eigenvalue weighted by molar-refractivity contribution is -0.0679. The van der Waals surface area contributed by atoms with E-state index in [9.17, 15) is 4.79 Å². The molecule has 0 aliphatic rings. The lowest BCUT2D eigenvalue weighted by atomic mass is 9.98. The summed E-state index contributed by atoms with van der Waals surface area (Å²) in [4.78, 5) is 14.6. The van der Waals surface area contributed by atoms with Crippen molar-refractivity contribution in [2.75, 3.05) is 6.61 Å². The van der Waals surface area contributed by atoms with Crippen LogP contribution in [0.4, 0.5) is 4.79 Å². The summed E-state index contributed by atoms with van der Waals surface area (Å²) in [5.74, 6) is 0. The van der Waals surface area contributed by atoms with Crippen LogP contribution in [0.15, 0.2) is 60.7 Å². The molecule has 0 radical (unpaired) electrons. The fraction of sp³-hybridized carbons (Fsp3) is 0.409. The van der Waals surface area contributed by atoms with Crippen molar-refractivity contribution in [1.82, 2.24) is 4.90 Å². The van der Waals surface area contributed by atoms with Crippen LogP contribution in [0.25, 0.3) is 0 Å². The Balaban J connectivity index is 2.14. The van der Waals surface area contributed by atoms with Crippen LogP contribution in [-0.2, 0) is 22.6 Å². The highest BCUT2D eigenvalue weighted by atomic mass is 16.6. The zero-order valence-corrected chi connectivity index (χ0v) is 16.1. The number of hydrogen-bond acceptors (Lipinski definition) is 3. The molecule has 26 heavy (non-hydrogen) atoms. The molecule has 140 valence electrons. The summed E-state index contributed by atoms with van der Waals surface area (Å²) in [6, 6.07) is 19.5. The molecule has 0 aromatic heterocycles. The number of rotatable bonds is 8.